The first-order valence-corrected chi connectivity index (χ1v) is 15.3. The molecule has 0 fully saturated rings. The summed E-state index contributed by atoms with van der Waals surface area (Å²) in [6, 6.07) is 15.1. The molecule has 0 bridgehead atoms. The molecule has 224 valence electrons. The van der Waals surface area contributed by atoms with Gasteiger partial charge >= 0.3 is 5.97 Å². The van der Waals surface area contributed by atoms with Gasteiger partial charge in [0.05, 0.1) is 11.0 Å². The number of amides is 1. The van der Waals surface area contributed by atoms with E-state index in [2.05, 4.69) is 22.4 Å². The molecule has 4 rings (SSSR count). The normalized spacial score (nSPS) is 13.3. The molecular formula is C32H39ClN4O4S. The van der Waals surface area contributed by atoms with Crippen LogP contribution in [0.25, 0.3) is 16.0 Å². The van der Waals surface area contributed by atoms with Crippen LogP contribution in [0.2, 0.25) is 5.02 Å². The van der Waals surface area contributed by atoms with Gasteiger partial charge in [0, 0.05) is 16.7 Å². The summed E-state index contributed by atoms with van der Waals surface area (Å²) in [7, 11) is 0. The highest BCUT2D eigenvalue weighted by atomic mass is 35.5. The van der Waals surface area contributed by atoms with Gasteiger partial charge in [-0.3, -0.25) is 14.2 Å². The molecule has 0 unspecified atom stereocenters. The van der Waals surface area contributed by atoms with Crippen LogP contribution in [0.15, 0.2) is 54.9 Å². The molecule has 2 heterocycles. The molecule has 4 aromatic rings. The third-order valence-electron chi connectivity index (χ3n) is 6.74. The number of hydrogen-bond donors (Lipinski definition) is 2. The first kappa shape index (κ1) is 31.5. The van der Waals surface area contributed by atoms with E-state index in [1.807, 2.05) is 76.4 Å². The first-order chi connectivity index (χ1) is 19.8. The summed E-state index contributed by atoms with van der Waals surface area (Å²) in [6.45, 7) is 12.2. The van der Waals surface area contributed by atoms with Gasteiger partial charge in [0.15, 0.2) is 0 Å². The van der Waals surface area contributed by atoms with Crippen LogP contribution in [-0.2, 0) is 16.0 Å². The largest absolute Gasteiger partial charge is 0.484 e. The van der Waals surface area contributed by atoms with Crippen LogP contribution in [0.5, 0.6) is 5.75 Å². The molecule has 0 radical (unpaired) electrons. The topological polar surface area (TPSA) is 108 Å². The van der Waals surface area contributed by atoms with E-state index in [0.717, 1.165) is 40.0 Å². The lowest BCUT2D eigenvalue weighted by molar-refractivity contribution is -0.158. The Bertz CT molecular complexity index is 1560. The minimum absolute atomic E-state index is 0.114. The summed E-state index contributed by atoms with van der Waals surface area (Å²) in [5.41, 5.74) is 8.91. The molecule has 0 aliphatic rings. The average Bonchev–Trinajstić information content (AvgIpc) is 3.51. The van der Waals surface area contributed by atoms with Crippen LogP contribution < -0.4 is 15.8 Å². The predicted molar refractivity (Wildman–Crippen MR) is 169 cm³/mol. The lowest BCUT2D eigenvalue weighted by atomic mass is 10.0. The molecule has 0 aliphatic carbocycles. The van der Waals surface area contributed by atoms with E-state index >= 15 is 0 Å². The number of fused-ring (bicyclic) bond motifs is 1. The van der Waals surface area contributed by atoms with Gasteiger partial charge in [-0.25, -0.2) is 4.98 Å². The second-order valence-electron chi connectivity index (χ2n) is 11.7. The number of benzene rings is 2. The first-order valence-electron chi connectivity index (χ1n) is 14.1. The van der Waals surface area contributed by atoms with Gasteiger partial charge in [0.2, 0.25) is 0 Å². The highest BCUT2D eigenvalue weighted by Crippen LogP contribution is 2.37. The zero-order valence-electron chi connectivity index (χ0n) is 24.9. The van der Waals surface area contributed by atoms with Crippen LogP contribution in [0.1, 0.15) is 74.9 Å². The number of hydrogen-bond acceptors (Lipinski definition) is 7. The zero-order valence-corrected chi connectivity index (χ0v) is 26.5. The SMILES string of the molecule is CC(C)[C@H](NCCCc1ccc2ncn(-c3cc(O[C@H](C)c4ccccc4Cl)c(C(N)=O)s3)c2c1)C(=O)OC(C)(C)C. The number of thiophene rings is 1. The number of aromatic nitrogens is 2. The van der Waals surface area contributed by atoms with E-state index < -0.39 is 11.5 Å². The highest BCUT2D eigenvalue weighted by Gasteiger charge is 2.27. The monoisotopic (exact) mass is 610 g/mol. The molecule has 0 saturated heterocycles. The Morgan fingerprint density at radius 3 is 2.52 bits per heavy atom. The molecule has 3 N–H and O–H groups in total. The predicted octanol–water partition coefficient (Wildman–Crippen LogP) is 6.87. The molecule has 2 aromatic carbocycles. The van der Waals surface area contributed by atoms with Crippen LogP contribution in [0.4, 0.5) is 0 Å². The molecule has 42 heavy (non-hydrogen) atoms. The van der Waals surface area contributed by atoms with Crippen molar-refractivity contribution < 1.29 is 19.1 Å². The molecule has 0 saturated carbocycles. The van der Waals surface area contributed by atoms with Crippen molar-refractivity contribution >= 4 is 45.8 Å². The minimum Gasteiger partial charge on any atom is -0.484 e. The summed E-state index contributed by atoms with van der Waals surface area (Å²) in [5.74, 6) is -0.262. The van der Waals surface area contributed by atoms with Crippen molar-refractivity contribution in [2.24, 2.45) is 11.7 Å². The fourth-order valence-electron chi connectivity index (χ4n) is 4.69. The van der Waals surface area contributed by atoms with E-state index in [1.165, 1.54) is 11.3 Å². The molecule has 8 nitrogen and oxygen atoms in total. The Kier molecular flexibility index (Phi) is 9.97. The molecule has 2 atom stereocenters. The van der Waals surface area contributed by atoms with Crippen molar-refractivity contribution in [2.45, 2.75) is 72.1 Å². The number of esters is 1. The number of aryl methyl sites for hydroxylation is 1. The fraction of sp³-hybridized carbons (Fsp3) is 0.406. The fourth-order valence-corrected chi connectivity index (χ4v) is 5.91. The van der Waals surface area contributed by atoms with Gasteiger partial charge in [0.25, 0.3) is 5.91 Å². The van der Waals surface area contributed by atoms with Crippen molar-refractivity contribution in [3.8, 4) is 10.8 Å². The second-order valence-corrected chi connectivity index (χ2v) is 13.1. The van der Waals surface area contributed by atoms with Gasteiger partial charge in [-0.2, -0.15) is 0 Å². The number of primary amides is 1. The number of imidazole rings is 1. The summed E-state index contributed by atoms with van der Waals surface area (Å²) >= 11 is 7.62. The van der Waals surface area contributed by atoms with Gasteiger partial charge < -0.3 is 20.5 Å². The van der Waals surface area contributed by atoms with Crippen LogP contribution in [0, 0.1) is 5.92 Å². The number of ether oxygens (including phenoxy) is 2. The lowest BCUT2D eigenvalue weighted by Gasteiger charge is -2.26. The number of carbonyl (C=O) groups is 2. The Morgan fingerprint density at radius 1 is 1.12 bits per heavy atom. The Morgan fingerprint density at radius 2 is 1.86 bits per heavy atom. The molecule has 0 aliphatic heterocycles. The molecule has 10 heteroatoms. The van der Waals surface area contributed by atoms with Gasteiger partial charge in [-0.15, -0.1) is 11.3 Å². The van der Waals surface area contributed by atoms with Gasteiger partial charge in [-0.05, 0) is 76.8 Å². The van der Waals surface area contributed by atoms with Crippen LogP contribution >= 0.6 is 22.9 Å². The van der Waals surface area contributed by atoms with Crippen LogP contribution in [0.3, 0.4) is 0 Å². The summed E-state index contributed by atoms with van der Waals surface area (Å²) in [4.78, 5) is 29.8. The quantitative estimate of drug-likeness (QED) is 0.134. The summed E-state index contributed by atoms with van der Waals surface area (Å²) in [6.07, 6.45) is 3.01. The number of halogens is 1. The summed E-state index contributed by atoms with van der Waals surface area (Å²) < 4.78 is 13.7. The second kappa shape index (κ2) is 13.3. The lowest BCUT2D eigenvalue weighted by Crippen LogP contribution is -2.45. The number of carbonyl (C=O) groups excluding carboxylic acids is 2. The summed E-state index contributed by atoms with van der Waals surface area (Å²) in [5, 5.41) is 4.73. The number of nitrogens with zero attached hydrogens (tertiary/aromatic N) is 2. The maximum Gasteiger partial charge on any atom is 0.323 e. The maximum atomic E-state index is 12.6. The van der Waals surface area contributed by atoms with Crippen molar-refractivity contribution in [3.05, 3.63) is 75.9 Å². The molecular weight excluding hydrogens is 572 g/mol. The minimum atomic E-state index is -0.559. The third-order valence-corrected chi connectivity index (χ3v) is 8.21. The van der Waals surface area contributed by atoms with Crippen LogP contribution in [-0.4, -0.2) is 39.6 Å². The van der Waals surface area contributed by atoms with E-state index in [9.17, 15) is 9.59 Å². The van der Waals surface area contributed by atoms with E-state index in [-0.39, 0.29) is 24.0 Å². The Hall–Kier alpha value is -3.40. The van der Waals surface area contributed by atoms with Crippen molar-refractivity contribution in [2.75, 3.05) is 6.54 Å². The number of nitrogens with one attached hydrogen (secondary N) is 1. The third kappa shape index (κ3) is 7.70. The Labute approximate surface area is 256 Å². The van der Waals surface area contributed by atoms with Gasteiger partial charge in [0.1, 0.15) is 39.7 Å². The van der Waals surface area contributed by atoms with E-state index in [4.69, 9.17) is 26.8 Å². The van der Waals surface area contributed by atoms with E-state index in [0.29, 0.717) is 22.2 Å². The molecule has 1 amide bonds. The maximum absolute atomic E-state index is 12.6. The molecule has 0 spiro atoms. The van der Waals surface area contributed by atoms with Crippen molar-refractivity contribution in [3.63, 3.8) is 0 Å². The Balaban J connectivity index is 1.48. The van der Waals surface area contributed by atoms with E-state index in [1.54, 1.807) is 12.4 Å². The highest BCUT2D eigenvalue weighted by molar-refractivity contribution is 7.16. The van der Waals surface area contributed by atoms with Gasteiger partial charge in [-0.1, -0.05) is 49.7 Å². The number of nitrogens with two attached hydrogens (primary N) is 1. The number of rotatable bonds is 12. The smallest absolute Gasteiger partial charge is 0.323 e. The zero-order chi connectivity index (χ0) is 30.6. The van der Waals surface area contributed by atoms with Crippen molar-refractivity contribution in [1.82, 2.24) is 14.9 Å². The van der Waals surface area contributed by atoms with Crippen molar-refractivity contribution in [1.29, 1.82) is 0 Å². The standard InChI is InChI=1S/C32H39ClN4O4S/c1-19(2)28(31(39)41-32(4,5)6)35-15-9-10-21-13-14-24-25(16-21)37(18-36-24)27-17-26(29(42-27)30(34)38)40-20(3)22-11-7-8-12-23(22)33/h7-8,11-14,16-20,28,35H,9-10,15H2,1-6H3,(H2,34,38)/t20-,28+/m1/s1. The average molecular weight is 611 g/mol. The molecule has 2 aromatic heterocycles.